The largest absolute Gasteiger partial charge is 3.00 e. The van der Waals surface area contributed by atoms with Crippen LogP contribution >= 0.6 is 0 Å². The normalized spacial score (nSPS) is 11.1. The Kier molecular flexibility index (Phi) is 19.8. The minimum Gasteiger partial charge on any atom is -0.671 e. The number of rotatable bonds is 9. The first-order valence-corrected chi connectivity index (χ1v) is 18.1. The topological polar surface area (TPSA) is 87.4 Å². The van der Waals surface area contributed by atoms with E-state index >= 15 is 0 Å². The number of fused-ring (bicyclic) bond motifs is 1. The van der Waals surface area contributed by atoms with Crippen molar-refractivity contribution in [2.24, 2.45) is 7.05 Å². The molecule has 0 saturated heterocycles. The second-order valence-corrected chi connectivity index (χ2v) is 13.3. The molecule has 1 unspecified atom stereocenters. The standard InChI is InChI=1S/C39H40N3O.3C2H6N.Zr/c1-7-34-36(32-20-13-14-23-35(32)43-34)33-24-42(6)39(40-33)38(31-19-12-11-18-30(31)27-16-9-8-10-17-27)41-37-28(25(2)3)21-15-22-29(37)26(4)5;3*1-3-2;/h8-26,38H,7H2,1-6H3;3*1-2H3;/q4*-1;+3. The molecular weight excluding hydrogens is 732 g/mol. The van der Waals surface area contributed by atoms with Crippen molar-refractivity contribution in [1.82, 2.24) is 9.55 Å². The van der Waals surface area contributed by atoms with Crippen LogP contribution in [0, 0.1) is 0 Å². The van der Waals surface area contributed by atoms with Crippen molar-refractivity contribution in [3.8, 4) is 22.4 Å². The first kappa shape index (κ1) is 45.4. The summed E-state index contributed by atoms with van der Waals surface area (Å²) in [6.07, 6.45) is 2.93. The van der Waals surface area contributed by atoms with Crippen molar-refractivity contribution >= 4 is 16.7 Å². The Morgan fingerprint density at radius 2 is 1.17 bits per heavy atom. The fraction of sp³-hybridized carbons (Fsp3) is 0.356. The van der Waals surface area contributed by atoms with Gasteiger partial charge in [0.2, 0.25) is 0 Å². The van der Waals surface area contributed by atoms with Crippen molar-refractivity contribution < 1.29 is 30.6 Å². The molecule has 0 aliphatic carbocycles. The zero-order valence-electron chi connectivity index (χ0n) is 33.8. The number of furan rings is 1. The Bertz CT molecular complexity index is 1900. The number of para-hydroxylation sites is 2. The molecule has 0 aliphatic heterocycles. The van der Waals surface area contributed by atoms with Gasteiger partial charge in [0.15, 0.2) is 0 Å². The van der Waals surface area contributed by atoms with Crippen molar-refractivity contribution in [1.29, 1.82) is 0 Å². The molecule has 7 nitrogen and oxygen atoms in total. The Balaban J connectivity index is 0.000000886. The molecule has 0 fully saturated rings. The van der Waals surface area contributed by atoms with Crippen molar-refractivity contribution in [3.05, 3.63) is 153 Å². The SMILES string of the molecule is CCc1oc2ccccc2c1-c1cn(C)c(C([N-]c2c(C(C)C)cccc2C(C)C)c2ccccc2-c2ccccc2)n1.C[N-]C.C[N-]C.C[N-]C.[Zr+3]. The molecular formula is C45H58N6OZr-. The summed E-state index contributed by atoms with van der Waals surface area (Å²) in [7, 11) is 12.6. The number of benzene rings is 4. The summed E-state index contributed by atoms with van der Waals surface area (Å²) in [6.45, 7) is 11.1. The van der Waals surface area contributed by atoms with Gasteiger partial charge in [-0.05, 0) is 40.6 Å². The second kappa shape index (κ2) is 23.1. The van der Waals surface area contributed by atoms with E-state index in [4.69, 9.17) is 14.7 Å². The third kappa shape index (κ3) is 11.6. The first-order chi connectivity index (χ1) is 25.1. The van der Waals surface area contributed by atoms with E-state index in [0.717, 1.165) is 57.0 Å². The molecule has 1 radical (unpaired) electrons. The summed E-state index contributed by atoms with van der Waals surface area (Å²) in [5, 5.41) is 17.3. The monoisotopic (exact) mass is 788 g/mol. The average molecular weight is 790 g/mol. The minimum absolute atomic E-state index is 0. The van der Waals surface area contributed by atoms with Crippen LogP contribution in [-0.2, 0) is 39.7 Å². The van der Waals surface area contributed by atoms with Crippen LogP contribution in [0.4, 0.5) is 5.69 Å². The number of hydrogen-bond acceptors (Lipinski definition) is 2. The fourth-order valence-electron chi connectivity index (χ4n) is 6.15. The van der Waals surface area contributed by atoms with Crippen LogP contribution in [0.2, 0.25) is 0 Å². The fourth-order valence-corrected chi connectivity index (χ4v) is 6.15. The van der Waals surface area contributed by atoms with E-state index in [0.29, 0.717) is 11.8 Å². The number of hydrogen-bond donors (Lipinski definition) is 0. The van der Waals surface area contributed by atoms with Crippen LogP contribution in [-0.4, -0.2) is 51.8 Å². The van der Waals surface area contributed by atoms with Gasteiger partial charge in [-0.3, -0.25) is 0 Å². The summed E-state index contributed by atoms with van der Waals surface area (Å²) in [5.74, 6) is 2.53. The number of imidazole rings is 1. The van der Waals surface area contributed by atoms with Crippen LogP contribution in [0.25, 0.3) is 54.6 Å². The molecule has 279 valence electrons. The van der Waals surface area contributed by atoms with Gasteiger partial charge in [-0.15, -0.1) is 5.69 Å². The molecule has 6 rings (SSSR count). The van der Waals surface area contributed by atoms with E-state index in [1.54, 1.807) is 42.3 Å². The average Bonchev–Trinajstić information content (AvgIpc) is 3.71. The maximum absolute atomic E-state index is 6.28. The maximum Gasteiger partial charge on any atom is 3.00 e. The molecule has 1 atom stereocenters. The summed E-state index contributed by atoms with van der Waals surface area (Å²) >= 11 is 0. The first-order valence-electron chi connectivity index (χ1n) is 18.1. The van der Waals surface area contributed by atoms with Crippen LogP contribution in [0.5, 0.6) is 0 Å². The Hall–Kier alpha value is -3.81. The van der Waals surface area contributed by atoms with Crippen LogP contribution < -0.4 is 0 Å². The van der Waals surface area contributed by atoms with Crippen molar-refractivity contribution in [2.45, 2.75) is 58.9 Å². The summed E-state index contributed by atoms with van der Waals surface area (Å²) in [4.78, 5) is 5.38. The van der Waals surface area contributed by atoms with Gasteiger partial charge in [0, 0.05) is 25.1 Å². The molecule has 8 heteroatoms. The third-order valence-corrected chi connectivity index (χ3v) is 8.34. The third-order valence-electron chi connectivity index (χ3n) is 8.34. The molecule has 0 amide bonds. The Labute approximate surface area is 338 Å². The molecule has 2 heterocycles. The van der Waals surface area contributed by atoms with Gasteiger partial charge in [0.1, 0.15) is 11.3 Å². The molecule has 0 N–H and O–H groups in total. The van der Waals surface area contributed by atoms with Gasteiger partial charge < -0.3 is 30.3 Å². The van der Waals surface area contributed by atoms with Gasteiger partial charge in [0.25, 0.3) is 0 Å². The number of aromatic nitrogens is 2. The van der Waals surface area contributed by atoms with Gasteiger partial charge >= 0.3 is 26.2 Å². The van der Waals surface area contributed by atoms with E-state index in [-0.39, 0.29) is 32.2 Å². The Morgan fingerprint density at radius 1 is 0.660 bits per heavy atom. The van der Waals surface area contributed by atoms with Crippen LogP contribution in [0.15, 0.2) is 108 Å². The van der Waals surface area contributed by atoms with E-state index < -0.39 is 0 Å². The minimum atomic E-state index is -0.323. The summed E-state index contributed by atoms with van der Waals surface area (Å²) in [6, 6.07) is 33.8. The maximum atomic E-state index is 6.28. The number of nitrogens with zero attached hydrogens (tertiary/aromatic N) is 6. The number of aryl methyl sites for hydroxylation is 2. The molecule has 0 saturated carbocycles. The quantitative estimate of drug-likeness (QED) is 0.146. The zero-order chi connectivity index (χ0) is 38.2. The molecule has 2 aromatic heterocycles. The summed E-state index contributed by atoms with van der Waals surface area (Å²) < 4.78 is 8.43. The smallest absolute Gasteiger partial charge is 0.671 e. The van der Waals surface area contributed by atoms with Crippen molar-refractivity contribution in [3.63, 3.8) is 0 Å². The molecule has 6 aromatic rings. The molecule has 53 heavy (non-hydrogen) atoms. The van der Waals surface area contributed by atoms with E-state index in [1.165, 1.54) is 16.7 Å². The molecule has 0 spiro atoms. The van der Waals surface area contributed by atoms with E-state index in [1.807, 2.05) is 12.1 Å². The molecule has 0 bridgehead atoms. The van der Waals surface area contributed by atoms with Crippen LogP contribution in [0.1, 0.15) is 80.8 Å². The van der Waals surface area contributed by atoms with E-state index in [2.05, 4.69) is 153 Å². The van der Waals surface area contributed by atoms with Crippen molar-refractivity contribution in [2.75, 3.05) is 42.3 Å². The van der Waals surface area contributed by atoms with Gasteiger partial charge in [-0.1, -0.05) is 137 Å². The van der Waals surface area contributed by atoms with Gasteiger partial charge in [-0.25, -0.2) is 4.98 Å². The van der Waals surface area contributed by atoms with Crippen LogP contribution in [0.3, 0.4) is 0 Å². The molecule has 0 aliphatic rings. The zero-order valence-corrected chi connectivity index (χ0v) is 36.3. The summed E-state index contributed by atoms with van der Waals surface area (Å²) in [5.41, 5.74) is 9.94. The predicted molar refractivity (Wildman–Crippen MR) is 225 cm³/mol. The predicted octanol–water partition coefficient (Wildman–Crippen LogP) is 13.0. The Morgan fingerprint density at radius 3 is 1.74 bits per heavy atom. The van der Waals surface area contributed by atoms with Gasteiger partial charge in [-0.2, -0.15) is 42.3 Å². The molecule has 4 aromatic carbocycles. The second-order valence-electron chi connectivity index (χ2n) is 13.3. The van der Waals surface area contributed by atoms with Gasteiger partial charge in [0.05, 0.1) is 17.1 Å². The van der Waals surface area contributed by atoms with E-state index in [9.17, 15) is 0 Å².